The molecule has 0 aromatic carbocycles. The van der Waals surface area contributed by atoms with Gasteiger partial charge in [-0.05, 0) is 43.9 Å². The largest absolute Gasteiger partial charge is 0.391 e. The lowest BCUT2D eigenvalue weighted by Gasteiger charge is -2.12. The molecule has 1 aliphatic carbocycles. The molecule has 0 aliphatic heterocycles. The van der Waals surface area contributed by atoms with Crippen molar-refractivity contribution >= 4 is 30.7 Å². The summed E-state index contributed by atoms with van der Waals surface area (Å²) >= 11 is 0. The van der Waals surface area contributed by atoms with Gasteiger partial charge >= 0.3 is 0 Å². The van der Waals surface area contributed by atoms with Crippen LogP contribution in [0.5, 0.6) is 0 Å². The maximum atomic E-state index is 12.0. The van der Waals surface area contributed by atoms with E-state index in [1.54, 1.807) is 6.20 Å². The summed E-state index contributed by atoms with van der Waals surface area (Å²) in [5, 5.41) is 12.5. The highest BCUT2D eigenvalue weighted by molar-refractivity contribution is 5.85. The number of aromatic nitrogens is 1. The van der Waals surface area contributed by atoms with E-state index in [4.69, 9.17) is 5.73 Å². The lowest BCUT2D eigenvalue weighted by molar-refractivity contribution is -0.125. The second-order valence-corrected chi connectivity index (χ2v) is 5.37. The van der Waals surface area contributed by atoms with Crippen molar-refractivity contribution < 1.29 is 9.90 Å². The van der Waals surface area contributed by atoms with Gasteiger partial charge in [-0.15, -0.1) is 24.8 Å². The van der Waals surface area contributed by atoms with Gasteiger partial charge in [-0.1, -0.05) is 0 Å². The highest BCUT2D eigenvalue weighted by atomic mass is 35.5. The third-order valence-electron chi connectivity index (χ3n) is 3.76. The fourth-order valence-corrected chi connectivity index (χ4v) is 2.50. The highest BCUT2D eigenvalue weighted by Gasteiger charge is 2.34. The van der Waals surface area contributed by atoms with E-state index in [1.807, 2.05) is 19.9 Å². The quantitative estimate of drug-likeness (QED) is 0.775. The Hall–Kier alpha value is -0.880. The van der Waals surface area contributed by atoms with Crippen LogP contribution in [0.25, 0.3) is 0 Å². The zero-order valence-electron chi connectivity index (χ0n) is 12.2. The molecule has 1 amide bonds. The summed E-state index contributed by atoms with van der Waals surface area (Å²) in [4.78, 5) is 16.2. The fraction of sp³-hybridized carbons (Fsp3) is 0.571. The maximum Gasteiger partial charge on any atom is 0.223 e. The minimum absolute atomic E-state index is 0. The van der Waals surface area contributed by atoms with Crippen molar-refractivity contribution in [3.63, 3.8) is 0 Å². The van der Waals surface area contributed by atoms with Crippen molar-refractivity contribution in [2.24, 2.45) is 11.7 Å². The topological polar surface area (TPSA) is 88.2 Å². The van der Waals surface area contributed by atoms with Crippen LogP contribution in [0.4, 0.5) is 0 Å². The molecule has 0 bridgehead atoms. The van der Waals surface area contributed by atoms with Crippen LogP contribution < -0.4 is 11.1 Å². The first-order chi connectivity index (χ1) is 8.97. The van der Waals surface area contributed by atoms with Crippen molar-refractivity contribution in [1.29, 1.82) is 0 Å². The Balaban J connectivity index is 0.00000200. The number of carbonyl (C=O) groups is 1. The number of hydrogen-bond acceptors (Lipinski definition) is 4. The first-order valence-corrected chi connectivity index (χ1v) is 6.61. The van der Waals surface area contributed by atoms with E-state index in [0.29, 0.717) is 19.4 Å². The van der Waals surface area contributed by atoms with Crippen molar-refractivity contribution in [3.05, 3.63) is 29.1 Å². The van der Waals surface area contributed by atoms with Gasteiger partial charge in [0.15, 0.2) is 0 Å². The highest BCUT2D eigenvalue weighted by Crippen LogP contribution is 2.24. The number of carbonyl (C=O) groups excluding carboxylic acids is 1. The Morgan fingerprint density at radius 3 is 2.62 bits per heavy atom. The van der Waals surface area contributed by atoms with E-state index in [9.17, 15) is 9.90 Å². The molecule has 1 fully saturated rings. The second kappa shape index (κ2) is 8.54. The molecule has 4 N–H and O–H groups in total. The van der Waals surface area contributed by atoms with E-state index in [2.05, 4.69) is 10.3 Å². The molecule has 7 heteroatoms. The molecule has 1 aliphatic rings. The van der Waals surface area contributed by atoms with Gasteiger partial charge in [-0.25, -0.2) is 0 Å². The van der Waals surface area contributed by atoms with Crippen molar-refractivity contribution in [1.82, 2.24) is 10.3 Å². The Kier molecular flexibility index (Phi) is 8.18. The molecule has 0 saturated heterocycles. The SMILES string of the molecule is Cc1cc(C)c(CNC(=O)[C@H]2C[C@H](N)[C@@H](O)C2)cn1.Cl.Cl. The normalized spacial score (nSPS) is 23.9. The van der Waals surface area contributed by atoms with Gasteiger partial charge in [0.25, 0.3) is 0 Å². The summed E-state index contributed by atoms with van der Waals surface area (Å²) in [6.45, 7) is 4.42. The zero-order chi connectivity index (χ0) is 14.0. The van der Waals surface area contributed by atoms with Gasteiger partial charge in [-0.2, -0.15) is 0 Å². The maximum absolute atomic E-state index is 12.0. The summed E-state index contributed by atoms with van der Waals surface area (Å²) in [5.41, 5.74) is 8.82. The van der Waals surface area contributed by atoms with E-state index in [1.165, 1.54) is 0 Å². The molecule has 1 saturated carbocycles. The van der Waals surface area contributed by atoms with Gasteiger partial charge < -0.3 is 16.2 Å². The molecule has 0 unspecified atom stereocenters. The smallest absolute Gasteiger partial charge is 0.223 e. The first-order valence-electron chi connectivity index (χ1n) is 6.61. The number of nitrogens with two attached hydrogens (primary N) is 1. The minimum Gasteiger partial charge on any atom is -0.391 e. The van der Waals surface area contributed by atoms with Crippen molar-refractivity contribution in [2.45, 2.75) is 45.4 Å². The number of nitrogens with one attached hydrogen (secondary N) is 1. The molecule has 2 rings (SSSR count). The average Bonchev–Trinajstić information content (AvgIpc) is 2.68. The molecular formula is C14H23Cl2N3O2. The molecule has 3 atom stereocenters. The van der Waals surface area contributed by atoms with Crippen LogP contribution in [0.2, 0.25) is 0 Å². The predicted octanol–water partition coefficient (Wildman–Crippen LogP) is 1.26. The number of aliphatic hydroxyl groups excluding tert-OH is 1. The number of nitrogens with zero attached hydrogens (tertiary/aromatic N) is 1. The monoisotopic (exact) mass is 335 g/mol. The van der Waals surface area contributed by atoms with Crippen LogP contribution in [0.1, 0.15) is 29.7 Å². The summed E-state index contributed by atoms with van der Waals surface area (Å²) in [7, 11) is 0. The molecule has 5 nitrogen and oxygen atoms in total. The molecule has 1 heterocycles. The molecule has 1 aromatic rings. The van der Waals surface area contributed by atoms with E-state index < -0.39 is 6.10 Å². The number of aryl methyl sites for hydroxylation is 2. The van der Waals surface area contributed by atoms with Crippen LogP contribution in [0, 0.1) is 19.8 Å². The molecule has 0 spiro atoms. The number of hydrogen-bond donors (Lipinski definition) is 3. The summed E-state index contributed by atoms with van der Waals surface area (Å²) in [6.07, 6.45) is 2.25. The van der Waals surface area contributed by atoms with Gasteiger partial charge in [-0.3, -0.25) is 9.78 Å². The van der Waals surface area contributed by atoms with Gasteiger partial charge in [0, 0.05) is 30.4 Å². The summed E-state index contributed by atoms with van der Waals surface area (Å²) < 4.78 is 0. The Morgan fingerprint density at radius 2 is 2.10 bits per heavy atom. The predicted molar refractivity (Wildman–Crippen MR) is 86.8 cm³/mol. The summed E-state index contributed by atoms with van der Waals surface area (Å²) in [5.74, 6) is -0.212. The van der Waals surface area contributed by atoms with Gasteiger partial charge in [0.2, 0.25) is 5.91 Å². The first kappa shape index (κ1) is 20.1. The lowest BCUT2D eigenvalue weighted by Crippen LogP contribution is -2.30. The van der Waals surface area contributed by atoms with E-state index in [-0.39, 0.29) is 42.7 Å². The Bertz CT molecular complexity index is 475. The van der Waals surface area contributed by atoms with Crippen LogP contribution >= 0.6 is 24.8 Å². The zero-order valence-corrected chi connectivity index (χ0v) is 13.8. The summed E-state index contributed by atoms with van der Waals surface area (Å²) in [6, 6.07) is 1.72. The van der Waals surface area contributed by atoms with E-state index >= 15 is 0 Å². The minimum atomic E-state index is -0.557. The third kappa shape index (κ3) is 5.11. The van der Waals surface area contributed by atoms with Gasteiger partial charge in [0.05, 0.1) is 6.10 Å². The number of rotatable bonds is 3. The van der Waals surface area contributed by atoms with Crippen LogP contribution in [-0.4, -0.2) is 28.1 Å². The third-order valence-corrected chi connectivity index (χ3v) is 3.76. The van der Waals surface area contributed by atoms with Crippen LogP contribution in [0.3, 0.4) is 0 Å². The van der Waals surface area contributed by atoms with Crippen LogP contribution in [0.15, 0.2) is 12.3 Å². The lowest BCUT2D eigenvalue weighted by atomic mass is 10.1. The number of amides is 1. The molecule has 21 heavy (non-hydrogen) atoms. The second-order valence-electron chi connectivity index (χ2n) is 5.37. The fourth-order valence-electron chi connectivity index (χ4n) is 2.50. The Morgan fingerprint density at radius 1 is 1.43 bits per heavy atom. The van der Waals surface area contributed by atoms with E-state index in [0.717, 1.165) is 16.8 Å². The van der Waals surface area contributed by atoms with Crippen molar-refractivity contribution in [2.75, 3.05) is 0 Å². The van der Waals surface area contributed by atoms with Gasteiger partial charge in [0.1, 0.15) is 0 Å². The number of pyridine rings is 1. The number of aliphatic hydroxyl groups is 1. The molecule has 0 radical (unpaired) electrons. The number of halogens is 2. The molecule has 1 aromatic heterocycles. The van der Waals surface area contributed by atoms with Crippen molar-refractivity contribution in [3.8, 4) is 0 Å². The average molecular weight is 336 g/mol. The standard InChI is InChI=1S/C14H21N3O2.2ClH/c1-8-3-9(2)16-6-11(8)7-17-14(19)10-4-12(15)13(18)5-10;;/h3,6,10,12-13,18H,4-5,7,15H2,1-2H3,(H,17,19);2*1H/t10-,12-,13-;;/m0../s1. The molecule has 120 valence electrons. The Labute approximate surface area is 137 Å². The molecular weight excluding hydrogens is 313 g/mol. The van der Waals surface area contributed by atoms with Crippen LogP contribution in [-0.2, 0) is 11.3 Å².